The Balaban J connectivity index is 1.90. The van der Waals surface area contributed by atoms with Crippen molar-refractivity contribution in [2.45, 2.75) is 44.2 Å². The maximum Gasteiger partial charge on any atom is 0.330 e. The maximum atomic E-state index is 11.9. The van der Waals surface area contributed by atoms with Crippen LogP contribution in [0.5, 0.6) is 0 Å². The van der Waals surface area contributed by atoms with E-state index in [0.29, 0.717) is 0 Å². The van der Waals surface area contributed by atoms with Gasteiger partial charge in [0.15, 0.2) is 12.0 Å². The first-order valence-corrected chi connectivity index (χ1v) is 6.87. The van der Waals surface area contributed by atoms with E-state index in [4.69, 9.17) is 14.2 Å². The van der Waals surface area contributed by atoms with E-state index in [9.17, 15) is 19.7 Å². The Bertz CT molecular complexity index is 726. The monoisotopic (exact) mass is 329 g/mol. The molecule has 0 unspecified atom stereocenters. The molecule has 126 valence electrons. The normalized spacial score (nSPS) is 31.7. The standard InChI is InChI=1S/C12H15N3O8/c1-12(2)22-8-6(5-20-15(18)19)21-10(9(8)23-12)14-4-3-7(16)13-11(14)17/h3-4,6,8-10H,5H2,1-2H3,(H,13,16,17)/t6-,8-,9-,10-/m1/s1. The van der Waals surface area contributed by atoms with Gasteiger partial charge in [0.2, 0.25) is 0 Å². The van der Waals surface area contributed by atoms with E-state index in [2.05, 4.69) is 9.82 Å². The fourth-order valence-corrected chi connectivity index (χ4v) is 2.78. The number of nitrogens with one attached hydrogen (secondary N) is 1. The second-order valence-electron chi connectivity index (χ2n) is 5.67. The number of ether oxygens (including phenoxy) is 3. The highest BCUT2D eigenvalue weighted by Gasteiger charge is 2.56. The van der Waals surface area contributed by atoms with Gasteiger partial charge >= 0.3 is 5.69 Å². The molecule has 23 heavy (non-hydrogen) atoms. The second kappa shape index (κ2) is 5.44. The number of aromatic nitrogens is 2. The molecule has 2 saturated heterocycles. The van der Waals surface area contributed by atoms with Crippen molar-refractivity contribution in [3.63, 3.8) is 0 Å². The number of rotatable bonds is 4. The summed E-state index contributed by atoms with van der Waals surface area (Å²) in [6.45, 7) is 3.01. The van der Waals surface area contributed by atoms with Gasteiger partial charge in [-0.25, -0.2) is 4.79 Å². The third kappa shape index (κ3) is 2.98. The van der Waals surface area contributed by atoms with Crippen LogP contribution in [0.1, 0.15) is 20.1 Å². The van der Waals surface area contributed by atoms with E-state index < -0.39 is 46.7 Å². The van der Waals surface area contributed by atoms with Crippen molar-refractivity contribution in [1.82, 2.24) is 9.55 Å². The summed E-state index contributed by atoms with van der Waals surface area (Å²) in [7, 11) is 0. The number of fused-ring (bicyclic) bond motifs is 1. The van der Waals surface area contributed by atoms with Gasteiger partial charge in [0.1, 0.15) is 24.9 Å². The highest BCUT2D eigenvalue weighted by Crippen LogP contribution is 2.42. The predicted octanol–water partition coefficient (Wildman–Crippen LogP) is -0.838. The highest BCUT2D eigenvalue weighted by molar-refractivity contribution is 4.98. The molecule has 1 N–H and O–H groups in total. The van der Waals surface area contributed by atoms with Crippen molar-refractivity contribution in [1.29, 1.82) is 0 Å². The van der Waals surface area contributed by atoms with Gasteiger partial charge in [0.25, 0.3) is 10.6 Å². The van der Waals surface area contributed by atoms with Crippen molar-refractivity contribution in [3.8, 4) is 0 Å². The molecule has 0 amide bonds. The van der Waals surface area contributed by atoms with E-state index in [0.717, 1.165) is 4.57 Å². The minimum atomic E-state index is -0.934. The number of hydrogen-bond donors (Lipinski definition) is 1. The van der Waals surface area contributed by atoms with Crippen molar-refractivity contribution in [2.24, 2.45) is 0 Å². The first kappa shape index (κ1) is 15.6. The molecule has 0 bridgehead atoms. The molecular formula is C12H15N3O8. The summed E-state index contributed by atoms with van der Waals surface area (Å²) in [4.78, 5) is 40.0. The van der Waals surface area contributed by atoms with Crippen LogP contribution in [0.25, 0.3) is 0 Å². The zero-order valence-corrected chi connectivity index (χ0v) is 12.3. The van der Waals surface area contributed by atoms with Crippen LogP contribution < -0.4 is 11.2 Å². The van der Waals surface area contributed by atoms with E-state index >= 15 is 0 Å². The van der Waals surface area contributed by atoms with E-state index in [1.54, 1.807) is 13.8 Å². The first-order valence-electron chi connectivity index (χ1n) is 6.87. The average Bonchev–Trinajstić information content (AvgIpc) is 2.90. The topological polar surface area (TPSA) is 135 Å². The first-order chi connectivity index (χ1) is 10.8. The van der Waals surface area contributed by atoms with Crippen LogP contribution in [-0.2, 0) is 19.0 Å². The predicted molar refractivity (Wildman–Crippen MR) is 72.0 cm³/mol. The summed E-state index contributed by atoms with van der Waals surface area (Å²) < 4.78 is 18.2. The van der Waals surface area contributed by atoms with Gasteiger partial charge < -0.3 is 19.0 Å². The zero-order valence-electron chi connectivity index (χ0n) is 12.3. The number of nitrogens with zero attached hydrogens (tertiary/aromatic N) is 2. The molecule has 0 aliphatic carbocycles. The van der Waals surface area contributed by atoms with Crippen LogP contribution >= 0.6 is 0 Å². The van der Waals surface area contributed by atoms with Crippen LogP contribution in [0.2, 0.25) is 0 Å². The zero-order chi connectivity index (χ0) is 16.8. The molecule has 2 aliphatic rings. The summed E-state index contributed by atoms with van der Waals surface area (Å²) >= 11 is 0. The second-order valence-corrected chi connectivity index (χ2v) is 5.67. The van der Waals surface area contributed by atoms with Gasteiger partial charge in [-0.15, -0.1) is 10.1 Å². The lowest BCUT2D eigenvalue weighted by atomic mass is 10.1. The van der Waals surface area contributed by atoms with Crippen LogP contribution in [0.3, 0.4) is 0 Å². The largest absolute Gasteiger partial charge is 0.347 e. The summed E-state index contributed by atoms with van der Waals surface area (Å²) in [5.74, 6) is -0.934. The smallest absolute Gasteiger partial charge is 0.330 e. The lowest BCUT2D eigenvalue weighted by Gasteiger charge is -2.24. The van der Waals surface area contributed by atoms with Crippen molar-refractivity contribution in [3.05, 3.63) is 43.2 Å². The molecule has 3 rings (SSSR count). The molecule has 4 atom stereocenters. The van der Waals surface area contributed by atoms with E-state index in [-0.39, 0.29) is 6.61 Å². The molecule has 0 saturated carbocycles. The molecule has 2 aliphatic heterocycles. The summed E-state index contributed by atoms with van der Waals surface area (Å²) in [5, 5.41) is 9.45. The highest BCUT2D eigenvalue weighted by atomic mass is 17.0. The van der Waals surface area contributed by atoms with Gasteiger partial charge in [-0.3, -0.25) is 14.3 Å². The van der Waals surface area contributed by atoms with Crippen molar-refractivity contribution in [2.75, 3.05) is 6.61 Å². The lowest BCUT2D eigenvalue weighted by molar-refractivity contribution is -0.759. The summed E-state index contributed by atoms with van der Waals surface area (Å²) in [6, 6.07) is 1.17. The van der Waals surface area contributed by atoms with Gasteiger partial charge in [-0.2, -0.15) is 0 Å². The third-order valence-electron chi connectivity index (χ3n) is 3.59. The van der Waals surface area contributed by atoms with Gasteiger partial charge in [-0.1, -0.05) is 0 Å². The summed E-state index contributed by atoms with van der Waals surface area (Å²) in [5.41, 5.74) is -1.22. The van der Waals surface area contributed by atoms with Crippen LogP contribution in [0.4, 0.5) is 0 Å². The van der Waals surface area contributed by atoms with Gasteiger partial charge in [-0.05, 0) is 13.8 Å². The Hall–Kier alpha value is -2.24. The molecule has 1 aromatic rings. The molecule has 0 spiro atoms. The fourth-order valence-electron chi connectivity index (χ4n) is 2.78. The molecule has 3 heterocycles. The quantitative estimate of drug-likeness (QED) is 0.558. The molecule has 11 heteroatoms. The minimum Gasteiger partial charge on any atom is -0.347 e. The van der Waals surface area contributed by atoms with Crippen LogP contribution in [0, 0.1) is 10.1 Å². The summed E-state index contributed by atoms with van der Waals surface area (Å²) in [6.07, 6.45) is -1.74. The number of hydrogen-bond acceptors (Lipinski definition) is 8. The van der Waals surface area contributed by atoms with Crippen LogP contribution in [-0.4, -0.2) is 45.3 Å². The molecular weight excluding hydrogens is 314 g/mol. The van der Waals surface area contributed by atoms with Crippen LogP contribution in [0.15, 0.2) is 21.9 Å². The van der Waals surface area contributed by atoms with Gasteiger partial charge in [0.05, 0.1) is 0 Å². The van der Waals surface area contributed by atoms with Crippen molar-refractivity contribution >= 4 is 0 Å². The number of H-pyrrole nitrogens is 1. The SMILES string of the molecule is CC1(C)O[C@@H]2[C@H](O1)[C@@H](CO[N+](=O)[O-])O[C@H]2n1ccc(=O)[nH]c1=O. The molecule has 11 nitrogen and oxygen atoms in total. The molecule has 2 fully saturated rings. The average molecular weight is 329 g/mol. The Kier molecular flexibility index (Phi) is 3.70. The molecule has 0 radical (unpaired) electrons. The van der Waals surface area contributed by atoms with E-state index in [1.165, 1.54) is 12.3 Å². The van der Waals surface area contributed by atoms with E-state index in [1.807, 2.05) is 0 Å². The van der Waals surface area contributed by atoms with Crippen molar-refractivity contribution < 1.29 is 24.1 Å². The minimum absolute atomic E-state index is 0.359. The Morgan fingerprint density at radius 3 is 2.74 bits per heavy atom. The number of aromatic amines is 1. The van der Waals surface area contributed by atoms with Gasteiger partial charge in [0, 0.05) is 12.3 Å². The lowest BCUT2D eigenvalue weighted by Crippen LogP contribution is -2.37. The Labute approximate surface area is 128 Å². The third-order valence-corrected chi connectivity index (χ3v) is 3.59. The molecule has 0 aromatic carbocycles. The Morgan fingerprint density at radius 2 is 2.09 bits per heavy atom. The molecule has 1 aromatic heterocycles. The Morgan fingerprint density at radius 1 is 1.39 bits per heavy atom. The fraction of sp³-hybridized carbons (Fsp3) is 0.667. The maximum absolute atomic E-state index is 11.9.